The van der Waals surface area contributed by atoms with Gasteiger partial charge >= 0.3 is 0 Å². The van der Waals surface area contributed by atoms with Gasteiger partial charge in [-0.15, -0.1) is 0 Å². The Balaban J connectivity index is 1.28. The molecular formula is C35H46N6O2. The molecule has 2 aliphatic carbocycles. The van der Waals surface area contributed by atoms with Crippen molar-refractivity contribution < 1.29 is 9.53 Å². The molecule has 0 radical (unpaired) electrons. The highest BCUT2D eigenvalue weighted by molar-refractivity contribution is 6.00. The third-order valence-electron chi connectivity index (χ3n) is 10.5. The fourth-order valence-electron chi connectivity index (χ4n) is 7.13. The van der Waals surface area contributed by atoms with Gasteiger partial charge in [-0.25, -0.2) is 4.98 Å². The van der Waals surface area contributed by atoms with Crippen LogP contribution in [-0.2, 0) is 13.6 Å². The number of benzene rings is 2. The van der Waals surface area contributed by atoms with Crippen LogP contribution in [0.5, 0.6) is 5.75 Å². The summed E-state index contributed by atoms with van der Waals surface area (Å²) in [5.41, 5.74) is 12.4. The predicted molar refractivity (Wildman–Crippen MR) is 174 cm³/mol. The van der Waals surface area contributed by atoms with E-state index in [2.05, 4.69) is 66.2 Å². The lowest BCUT2D eigenvalue weighted by Gasteiger charge is -2.23. The summed E-state index contributed by atoms with van der Waals surface area (Å²) in [4.78, 5) is 23.3. The lowest BCUT2D eigenvalue weighted by molar-refractivity contribution is 0.0739. The van der Waals surface area contributed by atoms with Crippen molar-refractivity contribution in [3.8, 4) is 17.3 Å². The van der Waals surface area contributed by atoms with Gasteiger partial charge in [-0.3, -0.25) is 4.79 Å². The number of hydrogen-bond donors (Lipinski definition) is 1. The Kier molecular flexibility index (Phi) is 7.15. The number of amides is 1. The Morgan fingerprint density at radius 1 is 1.12 bits per heavy atom. The number of anilines is 1. The van der Waals surface area contributed by atoms with Crippen LogP contribution in [0.4, 0.5) is 5.69 Å². The second kappa shape index (κ2) is 10.9. The van der Waals surface area contributed by atoms with Crippen LogP contribution in [0.1, 0.15) is 62.7 Å². The summed E-state index contributed by atoms with van der Waals surface area (Å²) in [6.45, 7) is 6.97. The van der Waals surface area contributed by atoms with Gasteiger partial charge in [0.2, 0.25) is 0 Å². The van der Waals surface area contributed by atoms with E-state index in [0.717, 1.165) is 48.0 Å². The van der Waals surface area contributed by atoms with Crippen molar-refractivity contribution >= 4 is 33.5 Å². The zero-order chi connectivity index (χ0) is 30.0. The van der Waals surface area contributed by atoms with Crippen molar-refractivity contribution in [2.45, 2.75) is 71.0 Å². The molecule has 2 N–H and O–H groups in total. The van der Waals surface area contributed by atoms with Gasteiger partial charge in [0, 0.05) is 62.5 Å². The van der Waals surface area contributed by atoms with E-state index in [0.29, 0.717) is 29.7 Å². The van der Waals surface area contributed by atoms with Crippen molar-refractivity contribution in [2.24, 2.45) is 30.5 Å². The van der Waals surface area contributed by atoms with E-state index < -0.39 is 0 Å². The smallest absolute Gasteiger partial charge is 0.254 e. The van der Waals surface area contributed by atoms with E-state index in [1.807, 2.05) is 17.0 Å². The van der Waals surface area contributed by atoms with Crippen LogP contribution >= 0.6 is 0 Å². The van der Waals surface area contributed by atoms with Crippen molar-refractivity contribution in [1.29, 1.82) is 0 Å². The largest absolute Gasteiger partial charge is 0.494 e. The van der Waals surface area contributed by atoms with E-state index in [1.165, 1.54) is 48.7 Å². The van der Waals surface area contributed by atoms with Crippen molar-refractivity contribution in [2.75, 3.05) is 32.1 Å². The number of aromatic nitrogens is 3. The van der Waals surface area contributed by atoms with Crippen molar-refractivity contribution in [3.05, 3.63) is 42.0 Å². The summed E-state index contributed by atoms with van der Waals surface area (Å²) in [6.07, 6.45) is 7.58. The molecule has 8 heteroatoms. The minimum Gasteiger partial charge on any atom is -0.494 e. The lowest BCUT2D eigenvalue weighted by Crippen LogP contribution is -2.41. The zero-order valence-corrected chi connectivity index (χ0v) is 26.3. The molecule has 1 aliphatic heterocycles. The molecule has 2 aromatic heterocycles. The van der Waals surface area contributed by atoms with Gasteiger partial charge in [-0.2, -0.15) is 0 Å². The normalized spacial score (nSPS) is 22.2. The van der Waals surface area contributed by atoms with Crippen LogP contribution in [0.15, 0.2) is 36.4 Å². The third kappa shape index (κ3) is 5.07. The average Bonchev–Trinajstić information content (AvgIpc) is 3.94. The molecule has 3 heterocycles. The maximum absolute atomic E-state index is 13.8. The molecule has 2 saturated carbocycles. The van der Waals surface area contributed by atoms with E-state index in [1.54, 1.807) is 7.11 Å². The van der Waals surface area contributed by atoms with Gasteiger partial charge in [0.15, 0.2) is 5.82 Å². The monoisotopic (exact) mass is 582 g/mol. The van der Waals surface area contributed by atoms with Crippen LogP contribution in [0.2, 0.25) is 0 Å². The van der Waals surface area contributed by atoms with Gasteiger partial charge in [-0.05, 0) is 74.3 Å². The van der Waals surface area contributed by atoms with Gasteiger partial charge in [-0.1, -0.05) is 32.3 Å². The molecule has 8 nitrogen and oxygen atoms in total. The molecule has 228 valence electrons. The Labute approximate surface area is 254 Å². The molecule has 0 unspecified atom stereocenters. The first kappa shape index (κ1) is 28.3. The molecule has 0 bridgehead atoms. The summed E-state index contributed by atoms with van der Waals surface area (Å²) in [5, 5.41) is 1.23. The van der Waals surface area contributed by atoms with Gasteiger partial charge in [0.05, 0.1) is 23.8 Å². The number of methoxy groups -OCH3 is 1. The van der Waals surface area contributed by atoms with E-state index in [9.17, 15) is 4.79 Å². The Morgan fingerprint density at radius 3 is 2.56 bits per heavy atom. The summed E-state index contributed by atoms with van der Waals surface area (Å²) in [5.74, 6) is 3.49. The van der Waals surface area contributed by atoms with Crippen LogP contribution in [0.3, 0.4) is 0 Å². The molecule has 1 saturated heterocycles. The molecule has 4 aromatic rings. The quantitative estimate of drug-likeness (QED) is 0.246. The first-order chi connectivity index (χ1) is 20.8. The number of aryl methyl sites for hydroxylation is 1. The van der Waals surface area contributed by atoms with Gasteiger partial charge < -0.3 is 29.4 Å². The fourth-order valence-corrected chi connectivity index (χ4v) is 7.13. The zero-order valence-electron chi connectivity index (χ0n) is 26.3. The number of nitrogens with two attached hydrogens (primary N) is 1. The number of rotatable bonds is 10. The standard InChI is InChI=1S/C35H46N6O2/c1-6-24-20-40(21(2)32(24)36)35(42)26-15-28-33(31(17-26)43-5)39(4)34(37-28)30-16-25-11-12-27(38(3)14-13-22-7-8-22)18-29(25)41(30)19-23-9-10-23/h11-12,15-18,21-24,32H,6-10,13-14,19-20,36H2,1-5H3/t21-,24-,32-/m1/s1. The first-order valence-corrected chi connectivity index (χ1v) is 16.2. The molecule has 3 aliphatic rings. The SMILES string of the molecule is CC[C@@H]1CN(C(=O)c2cc(OC)c3c(c2)nc(-c2cc4ccc(N(C)CCC5CC5)cc4n2CC2CC2)n3C)[C@H](C)[C@H]1N. The Bertz CT molecular complexity index is 1680. The molecule has 1 amide bonds. The van der Waals surface area contributed by atoms with E-state index in [4.69, 9.17) is 15.5 Å². The number of nitrogens with zero attached hydrogens (tertiary/aromatic N) is 5. The highest BCUT2D eigenvalue weighted by atomic mass is 16.5. The summed E-state index contributed by atoms with van der Waals surface area (Å²) >= 11 is 0. The Hall–Kier alpha value is -3.52. The molecule has 7 rings (SSSR count). The van der Waals surface area contributed by atoms with Crippen LogP contribution in [0, 0.1) is 17.8 Å². The Morgan fingerprint density at radius 2 is 1.88 bits per heavy atom. The van der Waals surface area contributed by atoms with E-state index >= 15 is 0 Å². The van der Waals surface area contributed by atoms with Crippen LogP contribution in [0.25, 0.3) is 33.5 Å². The summed E-state index contributed by atoms with van der Waals surface area (Å²) in [6, 6.07) is 13.0. The molecular weight excluding hydrogens is 536 g/mol. The molecule has 3 fully saturated rings. The van der Waals surface area contributed by atoms with E-state index in [-0.39, 0.29) is 18.0 Å². The van der Waals surface area contributed by atoms with Crippen LogP contribution in [-0.4, -0.2) is 64.3 Å². The maximum atomic E-state index is 13.8. The summed E-state index contributed by atoms with van der Waals surface area (Å²) < 4.78 is 10.5. The second-order valence-electron chi connectivity index (χ2n) is 13.5. The van der Waals surface area contributed by atoms with Gasteiger partial charge in [0.1, 0.15) is 11.3 Å². The predicted octanol–water partition coefficient (Wildman–Crippen LogP) is 6.05. The number of hydrogen-bond acceptors (Lipinski definition) is 5. The number of ether oxygens (including phenoxy) is 1. The minimum absolute atomic E-state index is 0.00536. The topological polar surface area (TPSA) is 81.6 Å². The number of carbonyl (C=O) groups excluding carboxylic acids is 1. The average molecular weight is 583 g/mol. The number of imidazole rings is 1. The maximum Gasteiger partial charge on any atom is 0.254 e. The summed E-state index contributed by atoms with van der Waals surface area (Å²) in [7, 11) is 5.94. The molecule has 3 atom stereocenters. The van der Waals surface area contributed by atoms with Gasteiger partial charge in [0.25, 0.3) is 5.91 Å². The number of likely N-dealkylation sites (tertiary alicyclic amines) is 1. The number of carbonyl (C=O) groups is 1. The molecule has 0 spiro atoms. The van der Waals surface area contributed by atoms with Crippen molar-refractivity contribution in [3.63, 3.8) is 0 Å². The highest BCUT2D eigenvalue weighted by Gasteiger charge is 2.39. The molecule has 2 aromatic carbocycles. The second-order valence-corrected chi connectivity index (χ2v) is 13.5. The highest BCUT2D eigenvalue weighted by Crippen LogP contribution is 2.39. The first-order valence-electron chi connectivity index (χ1n) is 16.2. The third-order valence-corrected chi connectivity index (χ3v) is 10.5. The van der Waals surface area contributed by atoms with Crippen LogP contribution < -0.4 is 15.4 Å². The van der Waals surface area contributed by atoms with Crippen molar-refractivity contribution in [1.82, 2.24) is 19.0 Å². The lowest BCUT2D eigenvalue weighted by atomic mass is 9.98. The minimum atomic E-state index is -0.00696. The molecule has 43 heavy (non-hydrogen) atoms. The number of fused-ring (bicyclic) bond motifs is 2. The fraction of sp³-hybridized carbons (Fsp3) is 0.543.